The molecule has 2 aromatic rings. The molecule has 1 nitrogen and oxygen atoms in total. The molecule has 0 aliphatic rings. The third kappa shape index (κ3) is 4.20. The molecule has 0 bridgehead atoms. The molecule has 0 amide bonds. The van der Waals surface area contributed by atoms with Crippen LogP contribution in [-0.2, 0) is 4.43 Å². The van der Waals surface area contributed by atoms with Gasteiger partial charge in [0, 0.05) is 5.02 Å². The summed E-state index contributed by atoms with van der Waals surface area (Å²) >= 11 is 5.96. The maximum absolute atomic E-state index is 6.35. The maximum atomic E-state index is 6.35. The molecule has 0 aromatic heterocycles. The van der Waals surface area contributed by atoms with Gasteiger partial charge in [0.1, 0.15) is 0 Å². The number of benzene rings is 2. The molecule has 1 unspecified atom stereocenters. The minimum atomic E-state index is -1.63. The summed E-state index contributed by atoms with van der Waals surface area (Å²) in [6, 6.07) is 18.3. The SMILES string of the molecule is C[Si](C)(C)OC(c1ccccc1)c1ccc(Cl)cc1. The van der Waals surface area contributed by atoms with Gasteiger partial charge in [-0.15, -0.1) is 0 Å². The van der Waals surface area contributed by atoms with E-state index in [1.165, 1.54) is 5.56 Å². The van der Waals surface area contributed by atoms with E-state index in [2.05, 4.69) is 31.8 Å². The highest BCUT2D eigenvalue weighted by Gasteiger charge is 2.23. The highest BCUT2D eigenvalue weighted by atomic mass is 35.5. The van der Waals surface area contributed by atoms with E-state index < -0.39 is 8.32 Å². The first-order chi connectivity index (χ1) is 8.96. The van der Waals surface area contributed by atoms with Gasteiger partial charge < -0.3 is 4.43 Å². The summed E-state index contributed by atoms with van der Waals surface area (Å²) in [5, 5.41) is 0.753. The Morgan fingerprint density at radius 3 is 1.89 bits per heavy atom. The van der Waals surface area contributed by atoms with Crippen molar-refractivity contribution < 1.29 is 4.43 Å². The first kappa shape index (κ1) is 14.3. The summed E-state index contributed by atoms with van der Waals surface area (Å²) in [5.41, 5.74) is 2.34. The molecule has 3 heteroatoms. The molecule has 0 heterocycles. The first-order valence-electron chi connectivity index (χ1n) is 6.44. The van der Waals surface area contributed by atoms with Crippen LogP contribution >= 0.6 is 11.6 Å². The first-order valence-corrected chi connectivity index (χ1v) is 10.2. The van der Waals surface area contributed by atoms with Gasteiger partial charge >= 0.3 is 0 Å². The fraction of sp³-hybridized carbons (Fsp3) is 0.250. The Morgan fingerprint density at radius 2 is 1.37 bits per heavy atom. The van der Waals surface area contributed by atoms with Crippen molar-refractivity contribution in [3.05, 3.63) is 70.7 Å². The lowest BCUT2D eigenvalue weighted by molar-refractivity contribution is 0.240. The van der Waals surface area contributed by atoms with Crippen molar-refractivity contribution in [3.63, 3.8) is 0 Å². The second kappa shape index (κ2) is 5.91. The molecule has 0 fully saturated rings. The quantitative estimate of drug-likeness (QED) is 0.696. The Morgan fingerprint density at radius 1 is 0.842 bits per heavy atom. The largest absolute Gasteiger partial charge is 0.407 e. The van der Waals surface area contributed by atoms with E-state index in [4.69, 9.17) is 16.0 Å². The van der Waals surface area contributed by atoms with Crippen LogP contribution in [0.4, 0.5) is 0 Å². The lowest BCUT2D eigenvalue weighted by Crippen LogP contribution is -2.28. The summed E-state index contributed by atoms with van der Waals surface area (Å²) in [6.07, 6.45) is -0.00914. The van der Waals surface area contributed by atoms with Crippen molar-refractivity contribution >= 4 is 19.9 Å². The molecular weight excluding hydrogens is 272 g/mol. The van der Waals surface area contributed by atoms with Gasteiger partial charge in [0.2, 0.25) is 0 Å². The van der Waals surface area contributed by atoms with Crippen molar-refractivity contribution in [1.82, 2.24) is 0 Å². The Kier molecular flexibility index (Phi) is 4.45. The fourth-order valence-corrected chi connectivity index (χ4v) is 3.05. The molecule has 0 spiro atoms. The van der Waals surface area contributed by atoms with Crippen LogP contribution in [0.2, 0.25) is 24.7 Å². The van der Waals surface area contributed by atoms with E-state index in [1.807, 2.05) is 42.5 Å². The van der Waals surface area contributed by atoms with E-state index in [1.54, 1.807) is 0 Å². The van der Waals surface area contributed by atoms with Gasteiger partial charge in [0.15, 0.2) is 8.32 Å². The summed E-state index contributed by atoms with van der Waals surface area (Å²) < 4.78 is 6.35. The summed E-state index contributed by atoms with van der Waals surface area (Å²) in [5.74, 6) is 0. The van der Waals surface area contributed by atoms with Crippen LogP contribution in [0, 0.1) is 0 Å². The molecular formula is C16H19ClOSi. The van der Waals surface area contributed by atoms with E-state index in [0.29, 0.717) is 0 Å². The molecule has 100 valence electrons. The van der Waals surface area contributed by atoms with Crippen LogP contribution in [0.3, 0.4) is 0 Å². The van der Waals surface area contributed by atoms with Crippen LogP contribution in [-0.4, -0.2) is 8.32 Å². The zero-order valence-corrected chi connectivity index (χ0v) is 13.3. The third-order valence-electron chi connectivity index (χ3n) is 2.75. The van der Waals surface area contributed by atoms with E-state index >= 15 is 0 Å². The average molecular weight is 291 g/mol. The molecule has 19 heavy (non-hydrogen) atoms. The van der Waals surface area contributed by atoms with E-state index in [-0.39, 0.29) is 6.10 Å². The zero-order chi connectivity index (χ0) is 13.9. The minimum absolute atomic E-state index is 0.00914. The van der Waals surface area contributed by atoms with Crippen LogP contribution in [0.25, 0.3) is 0 Å². The average Bonchev–Trinajstić information content (AvgIpc) is 2.37. The van der Waals surface area contributed by atoms with Crippen molar-refractivity contribution in [1.29, 1.82) is 0 Å². The van der Waals surface area contributed by atoms with Crippen LogP contribution < -0.4 is 0 Å². The van der Waals surface area contributed by atoms with Gasteiger partial charge in [-0.1, -0.05) is 54.1 Å². The van der Waals surface area contributed by atoms with Crippen molar-refractivity contribution in [3.8, 4) is 0 Å². The highest BCUT2D eigenvalue weighted by Crippen LogP contribution is 2.30. The number of rotatable bonds is 4. The molecule has 0 saturated carbocycles. The lowest BCUT2D eigenvalue weighted by Gasteiger charge is -2.27. The second-order valence-corrected chi connectivity index (χ2v) is 10.5. The normalized spacial score (nSPS) is 13.3. The molecule has 2 rings (SSSR count). The van der Waals surface area contributed by atoms with Gasteiger partial charge in [0.05, 0.1) is 6.10 Å². The summed E-state index contributed by atoms with van der Waals surface area (Å²) in [7, 11) is -1.63. The fourth-order valence-electron chi connectivity index (χ4n) is 1.95. The molecule has 2 aromatic carbocycles. The second-order valence-electron chi connectivity index (χ2n) is 5.57. The monoisotopic (exact) mass is 290 g/mol. The Hall–Kier alpha value is -1.09. The molecule has 1 atom stereocenters. The van der Waals surface area contributed by atoms with Gasteiger partial charge in [-0.25, -0.2) is 0 Å². The topological polar surface area (TPSA) is 9.23 Å². The standard InChI is InChI=1S/C16H19ClOSi/c1-19(2,3)18-16(13-7-5-4-6-8-13)14-9-11-15(17)12-10-14/h4-12,16H,1-3H3. The van der Waals surface area contributed by atoms with Crippen LogP contribution in [0.15, 0.2) is 54.6 Å². The number of halogens is 1. The van der Waals surface area contributed by atoms with Crippen molar-refractivity contribution in [2.24, 2.45) is 0 Å². The Balaban J connectivity index is 2.37. The van der Waals surface area contributed by atoms with Gasteiger partial charge in [-0.2, -0.15) is 0 Å². The third-order valence-corrected chi connectivity index (χ3v) is 3.94. The summed E-state index contributed by atoms with van der Waals surface area (Å²) in [4.78, 5) is 0. The van der Waals surface area contributed by atoms with Crippen LogP contribution in [0.1, 0.15) is 17.2 Å². The van der Waals surface area contributed by atoms with E-state index in [0.717, 1.165) is 10.6 Å². The Bertz CT molecular complexity index is 517. The predicted octanol–water partition coefficient (Wildman–Crippen LogP) is 5.28. The number of hydrogen-bond acceptors (Lipinski definition) is 1. The van der Waals surface area contributed by atoms with Crippen molar-refractivity contribution in [2.75, 3.05) is 0 Å². The summed E-state index contributed by atoms with van der Waals surface area (Å²) in [6.45, 7) is 6.62. The van der Waals surface area contributed by atoms with Gasteiger partial charge in [0.25, 0.3) is 0 Å². The molecule has 0 aliphatic heterocycles. The van der Waals surface area contributed by atoms with E-state index in [9.17, 15) is 0 Å². The van der Waals surface area contributed by atoms with Crippen LogP contribution in [0.5, 0.6) is 0 Å². The van der Waals surface area contributed by atoms with Gasteiger partial charge in [-0.05, 0) is 42.9 Å². The zero-order valence-electron chi connectivity index (χ0n) is 11.6. The smallest absolute Gasteiger partial charge is 0.185 e. The molecule has 0 aliphatic carbocycles. The molecule has 0 saturated heterocycles. The number of hydrogen-bond donors (Lipinski definition) is 0. The highest BCUT2D eigenvalue weighted by molar-refractivity contribution is 6.69. The molecule has 0 N–H and O–H groups in total. The Labute approximate surface area is 121 Å². The maximum Gasteiger partial charge on any atom is 0.185 e. The lowest BCUT2D eigenvalue weighted by atomic mass is 10.0. The molecule has 0 radical (unpaired) electrons. The predicted molar refractivity (Wildman–Crippen MR) is 84.2 cm³/mol. The van der Waals surface area contributed by atoms with Gasteiger partial charge in [-0.3, -0.25) is 0 Å². The minimum Gasteiger partial charge on any atom is -0.407 e. The van der Waals surface area contributed by atoms with Crippen molar-refractivity contribution in [2.45, 2.75) is 25.7 Å².